The lowest BCUT2D eigenvalue weighted by Gasteiger charge is -2.25. The molecule has 0 saturated heterocycles. The van der Waals surface area contributed by atoms with E-state index in [1.807, 2.05) is 38.4 Å². The highest BCUT2D eigenvalue weighted by Crippen LogP contribution is 2.21. The van der Waals surface area contributed by atoms with Crippen molar-refractivity contribution in [1.29, 1.82) is 0 Å². The summed E-state index contributed by atoms with van der Waals surface area (Å²) in [4.78, 5) is 13.8. The summed E-state index contributed by atoms with van der Waals surface area (Å²) in [6.45, 7) is 3.37. The molecule has 0 spiro atoms. The van der Waals surface area contributed by atoms with Crippen LogP contribution < -0.4 is 15.4 Å². The zero-order valence-corrected chi connectivity index (χ0v) is 13.5. The van der Waals surface area contributed by atoms with Crippen molar-refractivity contribution in [3.05, 3.63) is 29.8 Å². The number of unbranched alkanes of at least 4 members (excludes halogenated alkanes) is 1. The number of rotatable bonds is 8. The Kier molecular flexibility index (Phi) is 7.61. The fourth-order valence-corrected chi connectivity index (χ4v) is 2.08. The third kappa shape index (κ3) is 6.04. The molecule has 1 aromatic carbocycles. The number of ether oxygens (including phenoxy) is 1. The van der Waals surface area contributed by atoms with E-state index in [1.165, 1.54) is 0 Å². The smallest absolute Gasteiger partial charge is 0.314 e. The summed E-state index contributed by atoms with van der Waals surface area (Å²) in [6.07, 6.45) is 2.07. The lowest BCUT2D eigenvalue weighted by molar-refractivity contribution is 0.232. The predicted octanol–water partition coefficient (Wildman–Crippen LogP) is 2.40. The highest BCUT2D eigenvalue weighted by Gasteiger charge is 2.15. The fourth-order valence-electron chi connectivity index (χ4n) is 2.08. The fraction of sp³-hybridized carbons (Fsp3) is 0.562. The predicted molar refractivity (Wildman–Crippen MR) is 85.7 cm³/mol. The van der Waals surface area contributed by atoms with Gasteiger partial charge in [-0.25, -0.2) is 4.79 Å². The van der Waals surface area contributed by atoms with Gasteiger partial charge in [-0.15, -0.1) is 0 Å². The van der Waals surface area contributed by atoms with Gasteiger partial charge in [0.2, 0.25) is 0 Å². The first-order chi connectivity index (χ1) is 10.1. The van der Waals surface area contributed by atoms with Crippen molar-refractivity contribution in [1.82, 2.24) is 15.5 Å². The van der Waals surface area contributed by atoms with Crippen molar-refractivity contribution in [3.63, 3.8) is 0 Å². The molecule has 118 valence electrons. The molecule has 1 aromatic rings. The third-order valence-electron chi connectivity index (χ3n) is 3.37. The van der Waals surface area contributed by atoms with E-state index in [0.717, 1.165) is 24.2 Å². The van der Waals surface area contributed by atoms with Crippen LogP contribution in [0.1, 0.15) is 31.4 Å². The van der Waals surface area contributed by atoms with Crippen LogP contribution >= 0.6 is 0 Å². The number of carbonyl (C=O) groups is 1. The number of hydrogen-bond donors (Lipinski definition) is 2. The summed E-state index contributed by atoms with van der Waals surface area (Å²) >= 11 is 0. The van der Waals surface area contributed by atoms with Crippen molar-refractivity contribution in [3.8, 4) is 5.75 Å². The molecule has 0 saturated carbocycles. The Balaban J connectivity index is 2.59. The van der Waals surface area contributed by atoms with Crippen molar-refractivity contribution >= 4 is 6.03 Å². The number of nitrogens with zero attached hydrogens (tertiary/aromatic N) is 1. The number of hydrogen-bond acceptors (Lipinski definition) is 3. The molecule has 0 aliphatic rings. The molecule has 2 N–H and O–H groups in total. The zero-order chi connectivity index (χ0) is 15.7. The average molecular weight is 293 g/mol. The molecule has 0 aliphatic heterocycles. The molecule has 0 fully saturated rings. The summed E-state index contributed by atoms with van der Waals surface area (Å²) in [5, 5.41) is 5.79. The van der Waals surface area contributed by atoms with E-state index < -0.39 is 0 Å². The highest BCUT2D eigenvalue weighted by molar-refractivity contribution is 5.73. The molecule has 0 aliphatic carbocycles. The summed E-state index contributed by atoms with van der Waals surface area (Å²) in [5.74, 6) is 0.826. The molecule has 21 heavy (non-hydrogen) atoms. The largest absolute Gasteiger partial charge is 0.497 e. The molecular formula is C16H27N3O2. The summed E-state index contributed by atoms with van der Waals surface area (Å²) in [5.41, 5.74) is 1.12. The van der Waals surface area contributed by atoms with Crippen LogP contribution in [-0.4, -0.2) is 45.2 Å². The number of benzene rings is 1. The van der Waals surface area contributed by atoms with Crippen LogP contribution in [0.5, 0.6) is 5.75 Å². The zero-order valence-electron chi connectivity index (χ0n) is 13.5. The van der Waals surface area contributed by atoms with E-state index in [0.29, 0.717) is 13.1 Å². The minimum Gasteiger partial charge on any atom is -0.497 e. The maximum atomic E-state index is 11.7. The summed E-state index contributed by atoms with van der Waals surface area (Å²) < 4.78 is 5.26. The van der Waals surface area contributed by atoms with Gasteiger partial charge in [-0.3, -0.25) is 0 Å². The first-order valence-electron chi connectivity index (χ1n) is 7.40. The lowest BCUT2D eigenvalue weighted by atomic mass is 10.1. The molecule has 0 radical (unpaired) electrons. The van der Waals surface area contributed by atoms with Crippen LogP contribution in [0.4, 0.5) is 4.79 Å². The molecular weight excluding hydrogens is 266 g/mol. The first-order valence-corrected chi connectivity index (χ1v) is 7.40. The Morgan fingerprint density at radius 1 is 1.33 bits per heavy atom. The third-order valence-corrected chi connectivity index (χ3v) is 3.37. The molecule has 5 heteroatoms. The maximum absolute atomic E-state index is 11.7. The second-order valence-corrected chi connectivity index (χ2v) is 5.25. The van der Waals surface area contributed by atoms with E-state index in [9.17, 15) is 4.79 Å². The number of nitrogens with one attached hydrogen (secondary N) is 2. The molecule has 0 aromatic heterocycles. The van der Waals surface area contributed by atoms with Gasteiger partial charge >= 0.3 is 6.03 Å². The number of carbonyl (C=O) groups excluding carboxylic acids is 1. The molecule has 0 bridgehead atoms. The van der Waals surface area contributed by atoms with Gasteiger partial charge in [0.1, 0.15) is 5.75 Å². The van der Waals surface area contributed by atoms with Crippen LogP contribution in [0.15, 0.2) is 24.3 Å². The van der Waals surface area contributed by atoms with Gasteiger partial charge in [0.25, 0.3) is 0 Å². The molecule has 1 atom stereocenters. The van der Waals surface area contributed by atoms with Crippen molar-refractivity contribution < 1.29 is 9.53 Å². The Hall–Kier alpha value is -1.75. The van der Waals surface area contributed by atoms with Gasteiger partial charge < -0.3 is 20.3 Å². The Morgan fingerprint density at radius 2 is 2.10 bits per heavy atom. The van der Waals surface area contributed by atoms with E-state index in [1.54, 1.807) is 7.11 Å². The van der Waals surface area contributed by atoms with Crippen molar-refractivity contribution in [2.75, 3.05) is 34.3 Å². The standard InChI is InChI=1S/C16H27N3O2/c1-5-6-10-17-16(20)18-12-15(19(2)3)13-8-7-9-14(11-13)21-4/h7-9,11,15H,5-6,10,12H2,1-4H3,(H2,17,18,20). The number of likely N-dealkylation sites (N-methyl/N-ethyl adjacent to an activating group) is 1. The van der Waals surface area contributed by atoms with Crippen molar-refractivity contribution in [2.45, 2.75) is 25.8 Å². The number of methoxy groups -OCH3 is 1. The second kappa shape index (κ2) is 9.23. The molecule has 0 heterocycles. The van der Waals surface area contributed by atoms with E-state index in [4.69, 9.17) is 4.74 Å². The van der Waals surface area contributed by atoms with Gasteiger partial charge in [-0.05, 0) is 38.2 Å². The van der Waals surface area contributed by atoms with Crippen LogP contribution in [-0.2, 0) is 0 Å². The number of urea groups is 1. The molecule has 2 amide bonds. The lowest BCUT2D eigenvalue weighted by Crippen LogP contribution is -2.40. The SMILES string of the molecule is CCCCNC(=O)NCC(c1cccc(OC)c1)N(C)C. The Bertz CT molecular complexity index is 435. The summed E-state index contributed by atoms with van der Waals surface area (Å²) in [6, 6.07) is 7.92. The monoisotopic (exact) mass is 293 g/mol. The van der Waals surface area contributed by atoms with E-state index in [-0.39, 0.29) is 12.1 Å². The normalized spacial score (nSPS) is 12.0. The minimum absolute atomic E-state index is 0.108. The summed E-state index contributed by atoms with van der Waals surface area (Å²) in [7, 11) is 5.66. The van der Waals surface area contributed by atoms with Crippen molar-refractivity contribution in [2.24, 2.45) is 0 Å². The van der Waals surface area contributed by atoms with Gasteiger partial charge in [0.05, 0.1) is 13.2 Å². The average Bonchev–Trinajstić information content (AvgIpc) is 2.47. The quantitative estimate of drug-likeness (QED) is 0.724. The van der Waals surface area contributed by atoms with E-state index in [2.05, 4.69) is 22.5 Å². The maximum Gasteiger partial charge on any atom is 0.314 e. The van der Waals surface area contributed by atoms with Crippen LogP contribution in [0.2, 0.25) is 0 Å². The Morgan fingerprint density at radius 3 is 2.71 bits per heavy atom. The second-order valence-electron chi connectivity index (χ2n) is 5.25. The van der Waals surface area contributed by atoms with Gasteiger partial charge in [0, 0.05) is 13.1 Å². The van der Waals surface area contributed by atoms with Gasteiger partial charge in [-0.2, -0.15) is 0 Å². The first kappa shape index (κ1) is 17.3. The van der Waals surface area contributed by atoms with Gasteiger partial charge in [-0.1, -0.05) is 25.5 Å². The molecule has 1 rings (SSSR count). The highest BCUT2D eigenvalue weighted by atomic mass is 16.5. The van der Waals surface area contributed by atoms with Crippen LogP contribution in [0.3, 0.4) is 0 Å². The number of amides is 2. The topological polar surface area (TPSA) is 53.6 Å². The molecule has 1 unspecified atom stereocenters. The van der Waals surface area contributed by atoms with E-state index >= 15 is 0 Å². The Labute approximate surface area is 127 Å². The van der Waals surface area contributed by atoms with Crippen LogP contribution in [0, 0.1) is 0 Å². The van der Waals surface area contributed by atoms with Gasteiger partial charge in [0.15, 0.2) is 0 Å². The minimum atomic E-state index is -0.113. The van der Waals surface area contributed by atoms with Crippen LogP contribution in [0.25, 0.3) is 0 Å². The molecule has 5 nitrogen and oxygen atoms in total.